The Hall–Kier alpha value is -0.840. The van der Waals surface area contributed by atoms with Crippen LogP contribution in [-0.4, -0.2) is 38.3 Å². The molecule has 1 radical (unpaired) electrons. The van der Waals surface area contributed by atoms with Crippen LogP contribution in [0.3, 0.4) is 0 Å². The van der Waals surface area contributed by atoms with Gasteiger partial charge in [-0.1, -0.05) is 0 Å². The molecule has 0 fully saturated rings. The molecule has 14 heavy (non-hydrogen) atoms. The number of para-hydroxylation sites is 1. The summed E-state index contributed by atoms with van der Waals surface area (Å²) < 4.78 is 4.59. The first-order valence-corrected chi connectivity index (χ1v) is 7.78. The van der Waals surface area contributed by atoms with Crippen molar-refractivity contribution >= 4 is 35.1 Å². The van der Waals surface area contributed by atoms with Gasteiger partial charge in [-0.3, -0.25) is 0 Å². The molecule has 69 valence electrons. The van der Waals surface area contributed by atoms with Crippen molar-refractivity contribution in [3.63, 3.8) is 0 Å². The van der Waals surface area contributed by atoms with Crippen molar-refractivity contribution in [1.82, 2.24) is 0 Å². The van der Waals surface area contributed by atoms with Crippen molar-refractivity contribution in [1.29, 1.82) is 0 Å². The van der Waals surface area contributed by atoms with Crippen molar-refractivity contribution < 1.29 is 5.11 Å². The molecule has 1 atom stereocenters. The number of aromatic hydroxyl groups is 1. The van der Waals surface area contributed by atoms with E-state index in [4.69, 9.17) is 0 Å². The Morgan fingerprint density at radius 2 is 2.29 bits per heavy atom. The Morgan fingerprint density at radius 3 is 3.00 bits per heavy atom. The normalized spacial score (nSPS) is 20.1. The molecule has 0 bridgehead atoms. The van der Waals surface area contributed by atoms with E-state index in [1.54, 1.807) is 18.2 Å². The zero-order valence-corrected chi connectivity index (χ0v) is 10.8. The average Bonchev–Trinajstić information content (AvgIpc) is 2.69. The quantitative estimate of drug-likeness (QED) is 0.831. The summed E-state index contributed by atoms with van der Waals surface area (Å²) >= 11 is -0.866. The van der Waals surface area contributed by atoms with E-state index in [1.165, 1.54) is 0 Å². The van der Waals surface area contributed by atoms with Crippen LogP contribution in [0.5, 0.6) is 5.75 Å². The monoisotopic (exact) mass is 290 g/mol. The van der Waals surface area contributed by atoms with Crippen molar-refractivity contribution in [2.24, 2.45) is 13.2 Å². The summed E-state index contributed by atoms with van der Waals surface area (Å²) in [5.41, 5.74) is 0.544. The van der Waals surface area contributed by atoms with Crippen molar-refractivity contribution in [2.75, 3.05) is 0 Å². The average molecular weight is 290 g/mol. The Balaban J connectivity index is 2.06. The van der Waals surface area contributed by atoms with E-state index in [0.29, 0.717) is 9.49 Å². The minimum absolute atomic E-state index is 0.183. The number of rotatable bonds is 2. The molecule has 1 aromatic rings. The van der Waals surface area contributed by atoms with Crippen LogP contribution in [0.25, 0.3) is 0 Å². The number of phenolic OH excluding ortho intramolecular Hbond substituents is 1. The van der Waals surface area contributed by atoms with Gasteiger partial charge in [0.05, 0.1) is 0 Å². The molecule has 1 heterocycles. The third-order valence-corrected chi connectivity index (χ3v) is 5.14. The molecule has 0 aromatic heterocycles. The van der Waals surface area contributed by atoms with Gasteiger partial charge in [0.1, 0.15) is 0 Å². The van der Waals surface area contributed by atoms with Crippen LogP contribution in [0, 0.1) is 0 Å². The van der Waals surface area contributed by atoms with Gasteiger partial charge in [0, 0.05) is 0 Å². The van der Waals surface area contributed by atoms with E-state index in [-0.39, 0.29) is 5.75 Å². The van der Waals surface area contributed by atoms with Gasteiger partial charge in [0.25, 0.3) is 0 Å². The molecule has 1 aromatic carbocycles. The van der Waals surface area contributed by atoms with Gasteiger partial charge in [0.15, 0.2) is 0 Å². The molecular formula is C9H9InN3O. The fourth-order valence-corrected chi connectivity index (χ4v) is 3.47. The molecule has 0 spiro atoms. The van der Waals surface area contributed by atoms with Crippen molar-refractivity contribution in [3.05, 3.63) is 24.3 Å². The SMILES string of the molecule is Oc1ccccc1N=N[CH]1CC=[N][In]1. The zero-order valence-electron chi connectivity index (χ0n) is 7.54. The van der Waals surface area contributed by atoms with E-state index in [0.717, 1.165) is 6.42 Å². The van der Waals surface area contributed by atoms with Gasteiger partial charge in [-0.25, -0.2) is 0 Å². The summed E-state index contributed by atoms with van der Waals surface area (Å²) in [6.45, 7) is 0. The van der Waals surface area contributed by atoms with Crippen LogP contribution in [0.1, 0.15) is 6.42 Å². The van der Waals surface area contributed by atoms with Gasteiger partial charge in [0.2, 0.25) is 0 Å². The molecule has 0 saturated carbocycles. The predicted octanol–water partition coefficient (Wildman–Crippen LogP) is 1.90. The fraction of sp³-hybridized carbons (Fsp3) is 0.222. The number of hydrogen-bond donors (Lipinski definition) is 1. The topological polar surface area (TPSA) is 57.3 Å². The summed E-state index contributed by atoms with van der Waals surface area (Å²) in [7, 11) is 0. The molecule has 1 aliphatic rings. The summed E-state index contributed by atoms with van der Waals surface area (Å²) in [6, 6.07) is 6.97. The van der Waals surface area contributed by atoms with Gasteiger partial charge >= 0.3 is 93.6 Å². The molecule has 1 aliphatic heterocycles. The summed E-state index contributed by atoms with van der Waals surface area (Å²) in [6.07, 6.45) is 2.87. The minimum atomic E-state index is -0.866. The molecular weight excluding hydrogens is 281 g/mol. The first-order chi connectivity index (χ1) is 6.86. The van der Waals surface area contributed by atoms with Crippen molar-refractivity contribution in [2.45, 2.75) is 10.2 Å². The van der Waals surface area contributed by atoms with Crippen LogP contribution < -0.4 is 0 Å². The third kappa shape index (κ3) is 2.35. The standard InChI is InChI=1S/C9H9N3O.In/c10-6-3-7-11-12-8-4-1-2-5-9(8)13;/h1-2,4-7,13H,3H2;/q-1;+1. The number of nitrogens with zero attached hydrogens (tertiary/aromatic N) is 3. The number of azo groups is 1. The molecule has 2 rings (SSSR count). The Kier molecular flexibility index (Phi) is 3.18. The Morgan fingerprint density at radius 1 is 1.43 bits per heavy atom. The second kappa shape index (κ2) is 4.59. The van der Waals surface area contributed by atoms with E-state index >= 15 is 0 Å². The van der Waals surface area contributed by atoms with Gasteiger partial charge in [-0.2, -0.15) is 0 Å². The van der Waals surface area contributed by atoms with Crippen LogP contribution in [0.15, 0.2) is 37.5 Å². The molecule has 0 aliphatic carbocycles. The van der Waals surface area contributed by atoms with E-state index in [1.807, 2.05) is 12.3 Å². The number of hydrogen-bond acceptors (Lipinski definition) is 4. The molecule has 1 N–H and O–H groups in total. The Labute approximate surface area is 93.5 Å². The fourth-order valence-electron chi connectivity index (χ4n) is 1.15. The second-order valence-corrected chi connectivity index (χ2v) is 6.89. The van der Waals surface area contributed by atoms with Gasteiger partial charge in [-0.05, 0) is 0 Å². The summed E-state index contributed by atoms with van der Waals surface area (Å²) in [5, 5.41) is 17.6. The van der Waals surface area contributed by atoms with Gasteiger partial charge < -0.3 is 0 Å². The maximum atomic E-state index is 9.41. The molecule has 0 amide bonds. The summed E-state index contributed by atoms with van der Waals surface area (Å²) in [4.78, 5) is 0. The van der Waals surface area contributed by atoms with Crippen LogP contribution in [0.2, 0.25) is 0 Å². The van der Waals surface area contributed by atoms with E-state index in [2.05, 4.69) is 13.2 Å². The zero-order chi connectivity index (χ0) is 9.80. The van der Waals surface area contributed by atoms with Crippen LogP contribution in [-0.2, 0) is 0 Å². The number of phenols is 1. The number of benzene rings is 1. The van der Waals surface area contributed by atoms with Crippen LogP contribution >= 0.6 is 0 Å². The van der Waals surface area contributed by atoms with Crippen molar-refractivity contribution in [3.8, 4) is 5.75 Å². The summed E-state index contributed by atoms with van der Waals surface area (Å²) in [5.74, 6) is 0.183. The molecule has 0 saturated heterocycles. The predicted molar refractivity (Wildman–Crippen MR) is 55.3 cm³/mol. The van der Waals surface area contributed by atoms with E-state index < -0.39 is 23.2 Å². The first kappa shape index (κ1) is 9.71. The second-order valence-electron chi connectivity index (χ2n) is 2.99. The Bertz CT molecular complexity index is 370. The molecule has 5 heteroatoms. The molecule has 1 unspecified atom stereocenters. The molecule has 4 nitrogen and oxygen atoms in total. The maximum absolute atomic E-state index is 9.41. The van der Waals surface area contributed by atoms with Crippen LogP contribution in [0.4, 0.5) is 5.69 Å². The van der Waals surface area contributed by atoms with Gasteiger partial charge in [-0.15, -0.1) is 0 Å². The van der Waals surface area contributed by atoms with E-state index in [9.17, 15) is 5.11 Å². The third-order valence-electron chi connectivity index (χ3n) is 1.91. The first-order valence-electron chi connectivity index (χ1n) is 4.40.